The van der Waals surface area contributed by atoms with Crippen LogP contribution in [0.1, 0.15) is 60.3 Å². The van der Waals surface area contributed by atoms with Crippen LogP contribution in [0, 0.1) is 0 Å². The number of hydrogen-bond donors (Lipinski definition) is 1. The maximum Gasteiger partial charge on any atom is 0.153 e. The predicted octanol–water partition coefficient (Wildman–Crippen LogP) is 2.44. The normalized spacial score (nSPS) is 23.6. The van der Waals surface area contributed by atoms with Gasteiger partial charge in [0, 0.05) is 31.2 Å². The highest BCUT2D eigenvalue weighted by Gasteiger charge is 2.38. The Kier molecular flexibility index (Phi) is 7.14. The molecule has 1 rings (SSSR count). The third-order valence-electron chi connectivity index (χ3n) is 5.15. The van der Waals surface area contributed by atoms with E-state index in [0.717, 1.165) is 32.4 Å². The molecule has 5 heteroatoms. The fourth-order valence-corrected chi connectivity index (χ4v) is 4.21. The lowest BCUT2D eigenvalue weighted by Crippen LogP contribution is -2.64. The van der Waals surface area contributed by atoms with Crippen LogP contribution >= 0.6 is 0 Å². The summed E-state index contributed by atoms with van der Waals surface area (Å²) in [5.74, 6) is 0.283. The molecule has 4 nitrogen and oxygen atoms in total. The van der Waals surface area contributed by atoms with Crippen molar-refractivity contribution in [3.63, 3.8) is 0 Å². The fraction of sp³-hybridized carbons (Fsp3) is 1.00. The van der Waals surface area contributed by atoms with Crippen LogP contribution in [-0.2, 0) is 9.84 Å². The molecule has 0 bridgehead atoms. The second kappa shape index (κ2) is 7.93. The molecule has 0 spiro atoms. The highest BCUT2D eigenvalue weighted by atomic mass is 32.2. The topological polar surface area (TPSA) is 49.4 Å². The van der Waals surface area contributed by atoms with Crippen molar-refractivity contribution in [2.75, 3.05) is 25.4 Å². The van der Waals surface area contributed by atoms with E-state index in [1.165, 1.54) is 6.42 Å². The molecule has 126 valence electrons. The molecular formula is C16H34N2O2S. The van der Waals surface area contributed by atoms with Crippen LogP contribution in [0.2, 0.25) is 0 Å². The maximum absolute atomic E-state index is 12.1. The van der Waals surface area contributed by atoms with Gasteiger partial charge in [0.2, 0.25) is 0 Å². The largest absolute Gasteiger partial charge is 0.311 e. The molecule has 1 saturated heterocycles. The molecule has 1 fully saturated rings. The van der Waals surface area contributed by atoms with E-state index in [9.17, 15) is 8.42 Å². The van der Waals surface area contributed by atoms with Crippen molar-refractivity contribution in [1.82, 2.24) is 10.2 Å². The standard InChI is InChI=1S/C16H34N2O2S/c1-6-9-15-12-18(10-11-21(19,20)14(4)5)16(7-2,8-3)13-17-15/h14-15,17H,6-13H2,1-5H3. The van der Waals surface area contributed by atoms with E-state index in [0.29, 0.717) is 12.6 Å². The highest BCUT2D eigenvalue weighted by Crippen LogP contribution is 2.28. The van der Waals surface area contributed by atoms with Crippen LogP contribution in [0.5, 0.6) is 0 Å². The third kappa shape index (κ3) is 4.67. The Bertz CT molecular complexity index is 403. The van der Waals surface area contributed by atoms with Gasteiger partial charge >= 0.3 is 0 Å². The SMILES string of the molecule is CCCC1CN(CCS(=O)(=O)C(C)C)C(CC)(CC)CN1. The molecule has 0 aromatic heterocycles. The van der Waals surface area contributed by atoms with Crippen LogP contribution < -0.4 is 5.32 Å². The summed E-state index contributed by atoms with van der Waals surface area (Å²) in [6, 6.07) is 0.503. The summed E-state index contributed by atoms with van der Waals surface area (Å²) in [7, 11) is -2.96. The molecule has 0 aliphatic carbocycles. The Morgan fingerprint density at radius 2 is 1.86 bits per heavy atom. The first-order chi connectivity index (χ1) is 9.81. The zero-order valence-electron chi connectivity index (χ0n) is 14.5. The van der Waals surface area contributed by atoms with E-state index in [1.807, 2.05) is 0 Å². The van der Waals surface area contributed by atoms with Crippen LogP contribution in [0.25, 0.3) is 0 Å². The Morgan fingerprint density at radius 3 is 2.33 bits per heavy atom. The van der Waals surface area contributed by atoms with Gasteiger partial charge in [0.05, 0.1) is 11.0 Å². The minimum absolute atomic E-state index is 0.122. The van der Waals surface area contributed by atoms with Crippen molar-refractivity contribution in [3.05, 3.63) is 0 Å². The lowest BCUT2D eigenvalue weighted by atomic mass is 9.86. The van der Waals surface area contributed by atoms with Crippen LogP contribution in [0.15, 0.2) is 0 Å². The average Bonchev–Trinajstić information content (AvgIpc) is 2.46. The second-order valence-electron chi connectivity index (χ2n) is 6.66. The molecule has 1 aliphatic heterocycles. The van der Waals surface area contributed by atoms with Gasteiger partial charge in [-0.3, -0.25) is 4.90 Å². The molecule has 0 radical (unpaired) electrons. The van der Waals surface area contributed by atoms with Gasteiger partial charge in [0.15, 0.2) is 9.84 Å². The molecule has 1 heterocycles. The molecule has 21 heavy (non-hydrogen) atoms. The molecule has 0 saturated carbocycles. The summed E-state index contributed by atoms with van der Waals surface area (Å²) in [5, 5.41) is 3.40. The van der Waals surface area contributed by atoms with Crippen molar-refractivity contribution in [2.24, 2.45) is 0 Å². The molecule has 1 aliphatic rings. The molecular weight excluding hydrogens is 284 g/mol. The molecule has 1 unspecified atom stereocenters. The fourth-order valence-electron chi connectivity index (χ4n) is 3.26. The summed E-state index contributed by atoms with van der Waals surface area (Å²) >= 11 is 0. The van der Waals surface area contributed by atoms with E-state index in [1.54, 1.807) is 13.8 Å². The van der Waals surface area contributed by atoms with Gasteiger partial charge in [0.25, 0.3) is 0 Å². The van der Waals surface area contributed by atoms with Crippen molar-refractivity contribution in [2.45, 2.75) is 77.1 Å². The van der Waals surface area contributed by atoms with Gasteiger partial charge in [-0.25, -0.2) is 8.42 Å². The number of sulfone groups is 1. The van der Waals surface area contributed by atoms with Crippen molar-refractivity contribution in [1.29, 1.82) is 0 Å². The highest BCUT2D eigenvalue weighted by molar-refractivity contribution is 7.92. The quantitative estimate of drug-likeness (QED) is 0.747. The number of hydrogen-bond acceptors (Lipinski definition) is 4. The molecule has 0 aromatic carbocycles. The summed E-state index contributed by atoms with van der Waals surface area (Å²) in [4.78, 5) is 2.45. The number of piperazine rings is 1. The Balaban J connectivity index is 2.79. The first-order valence-electron chi connectivity index (χ1n) is 8.51. The van der Waals surface area contributed by atoms with E-state index in [4.69, 9.17) is 0 Å². The van der Waals surface area contributed by atoms with Gasteiger partial charge in [-0.2, -0.15) is 0 Å². The predicted molar refractivity (Wildman–Crippen MR) is 90.5 cm³/mol. The van der Waals surface area contributed by atoms with Crippen molar-refractivity contribution in [3.8, 4) is 0 Å². The first kappa shape index (κ1) is 18.9. The second-order valence-corrected chi connectivity index (χ2v) is 9.34. The van der Waals surface area contributed by atoms with Crippen LogP contribution in [-0.4, -0.2) is 55.5 Å². The Labute approximate surface area is 131 Å². The molecule has 0 aromatic rings. The van der Waals surface area contributed by atoms with Crippen molar-refractivity contribution < 1.29 is 8.42 Å². The minimum atomic E-state index is -2.96. The lowest BCUT2D eigenvalue weighted by molar-refractivity contribution is 0.0353. The Hall–Kier alpha value is -0.130. The summed E-state index contributed by atoms with van der Waals surface area (Å²) < 4.78 is 24.3. The average molecular weight is 319 g/mol. The van der Waals surface area contributed by atoms with E-state index in [2.05, 4.69) is 31.0 Å². The first-order valence-corrected chi connectivity index (χ1v) is 10.2. The van der Waals surface area contributed by atoms with E-state index >= 15 is 0 Å². The zero-order valence-corrected chi connectivity index (χ0v) is 15.3. The zero-order chi connectivity index (χ0) is 16.1. The smallest absolute Gasteiger partial charge is 0.153 e. The third-order valence-corrected chi connectivity index (χ3v) is 7.34. The molecule has 0 amide bonds. The van der Waals surface area contributed by atoms with E-state index < -0.39 is 9.84 Å². The van der Waals surface area contributed by atoms with E-state index in [-0.39, 0.29) is 16.5 Å². The molecule has 1 atom stereocenters. The van der Waals surface area contributed by atoms with Gasteiger partial charge in [0.1, 0.15) is 0 Å². The number of nitrogens with zero attached hydrogens (tertiary/aromatic N) is 1. The summed E-state index contributed by atoms with van der Waals surface area (Å²) in [6.07, 6.45) is 4.46. The van der Waals surface area contributed by atoms with Crippen LogP contribution in [0.4, 0.5) is 0 Å². The summed E-state index contributed by atoms with van der Waals surface area (Å²) in [5.41, 5.74) is 0.122. The van der Waals surface area contributed by atoms with Gasteiger partial charge in [-0.1, -0.05) is 27.2 Å². The van der Waals surface area contributed by atoms with Gasteiger partial charge < -0.3 is 5.32 Å². The Morgan fingerprint density at radius 1 is 1.24 bits per heavy atom. The summed E-state index contributed by atoms with van der Waals surface area (Å²) in [6.45, 7) is 12.8. The van der Waals surface area contributed by atoms with Crippen molar-refractivity contribution >= 4 is 9.84 Å². The van der Waals surface area contributed by atoms with Gasteiger partial charge in [-0.15, -0.1) is 0 Å². The number of rotatable bonds is 8. The van der Waals surface area contributed by atoms with Gasteiger partial charge in [-0.05, 0) is 33.1 Å². The lowest BCUT2D eigenvalue weighted by Gasteiger charge is -2.50. The molecule has 1 N–H and O–H groups in total. The number of nitrogens with one attached hydrogen (secondary N) is 1. The van der Waals surface area contributed by atoms with Crippen LogP contribution in [0.3, 0.4) is 0 Å². The monoisotopic (exact) mass is 318 g/mol. The maximum atomic E-state index is 12.1. The minimum Gasteiger partial charge on any atom is -0.311 e.